The van der Waals surface area contributed by atoms with Crippen LogP contribution in [0, 0.1) is 0 Å². The van der Waals surface area contributed by atoms with Crippen molar-refractivity contribution in [1.29, 1.82) is 0 Å². The van der Waals surface area contributed by atoms with Crippen LogP contribution >= 0.6 is 0 Å². The maximum absolute atomic E-state index is 2.84. The summed E-state index contributed by atoms with van der Waals surface area (Å²) in [6.45, 7) is 56.0. The first-order valence-electron chi connectivity index (χ1n) is 41.2. The molecular weight excluding hydrogens is 1350 g/mol. The molecular formula is C106H110B2N4. The zero-order valence-electron chi connectivity index (χ0n) is 70.9. The zero-order valence-corrected chi connectivity index (χ0v) is 70.9. The second-order valence-electron chi connectivity index (χ2n) is 41.6. The Bertz CT molecular complexity index is 5760. The lowest BCUT2D eigenvalue weighted by atomic mass is 9.45. The smallest absolute Gasteiger partial charge is 0.333 e. The average Bonchev–Trinajstić information content (AvgIpc) is 1.47. The lowest BCUT2D eigenvalue weighted by Gasteiger charge is -2.41. The number of hydrogen-bond acceptors (Lipinski definition) is 2. The quantitative estimate of drug-likeness (QED) is 0.154. The van der Waals surface area contributed by atoms with Crippen LogP contribution < -0.4 is 31.7 Å². The minimum atomic E-state index is -0.205. The Morgan fingerprint density at radius 2 is 0.455 bits per heavy atom. The number of hydrogen-bond donors (Lipinski definition) is 0. The molecule has 12 aromatic carbocycles. The molecule has 14 aromatic rings. The molecule has 0 unspecified atom stereocenters. The molecule has 0 saturated heterocycles. The van der Waals surface area contributed by atoms with E-state index in [-0.39, 0.29) is 57.0 Å². The second-order valence-corrected chi connectivity index (χ2v) is 41.6. The first-order chi connectivity index (χ1) is 52.6. The summed E-state index contributed by atoms with van der Waals surface area (Å²) < 4.78 is 5.69. The fourth-order valence-corrected chi connectivity index (χ4v) is 18.7. The Hall–Kier alpha value is -10.3. The lowest BCUT2D eigenvalue weighted by Crippen LogP contribution is -2.56. The van der Waals surface area contributed by atoms with Crippen LogP contribution in [-0.2, 0) is 43.3 Å². The molecule has 0 radical (unpaired) electrons. The molecule has 18 rings (SSSR count). The van der Waals surface area contributed by atoms with Crippen LogP contribution in [0.1, 0.15) is 211 Å². The van der Waals surface area contributed by atoms with E-state index in [9.17, 15) is 0 Å². The van der Waals surface area contributed by atoms with Gasteiger partial charge in [-0.2, -0.15) is 0 Å². The summed E-state index contributed by atoms with van der Waals surface area (Å²) in [4.78, 5) is 5.20. The summed E-state index contributed by atoms with van der Waals surface area (Å²) in [6, 6.07) is 92.3. The number of rotatable bonds is 6. The molecule has 4 aliphatic rings. The van der Waals surface area contributed by atoms with Crippen molar-refractivity contribution >= 4 is 103 Å². The number of benzene rings is 12. The summed E-state index contributed by atoms with van der Waals surface area (Å²) in [5.74, 6) is 0. The summed E-state index contributed by atoms with van der Waals surface area (Å²) in [7, 11) is 0. The molecule has 112 heavy (non-hydrogen) atoms. The predicted molar refractivity (Wildman–Crippen MR) is 487 cm³/mol. The van der Waals surface area contributed by atoms with Gasteiger partial charge in [0.05, 0.1) is 11.0 Å². The Kier molecular flexibility index (Phi) is 16.1. The fourth-order valence-electron chi connectivity index (χ4n) is 18.7. The molecule has 0 saturated carbocycles. The number of fused-ring (bicyclic) bond motifs is 13. The Morgan fingerprint density at radius 3 is 0.732 bits per heavy atom. The third kappa shape index (κ3) is 11.7. The van der Waals surface area contributed by atoms with Gasteiger partial charge in [-0.3, -0.25) is 0 Å². The van der Waals surface area contributed by atoms with Crippen molar-refractivity contribution in [3.63, 3.8) is 0 Å². The van der Waals surface area contributed by atoms with Gasteiger partial charge in [-0.15, -0.1) is 0 Å². The van der Waals surface area contributed by atoms with Crippen LogP contribution in [0.2, 0.25) is 0 Å². The number of aromatic nitrogens is 2. The molecule has 6 heteroatoms. The normalized spacial score (nSPS) is 14.2. The Morgan fingerprint density at radius 1 is 0.205 bits per heavy atom. The van der Waals surface area contributed by atoms with Crippen LogP contribution in [0.15, 0.2) is 231 Å². The monoisotopic (exact) mass is 1460 g/mol. The van der Waals surface area contributed by atoms with E-state index in [0.717, 1.165) is 11.4 Å². The minimum absolute atomic E-state index is 0.00833. The number of anilines is 6. The lowest BCUT2D eigenvalue weighted by molar-refractivity contribution is 0.568. The van der Waals surface area contributed by atoms with Crippen molar-refractivity contribution in [2.45, 2.75) is 209 Å². The van der Waals surface area contributed by atoms with Crippen molar-refractivity contribution in [3.8, 4) is 66.8 Å². The molecule has 4 nitrogen and oxygen atoms in total. The van der Waals surface area contributed by atoms with Crippen LogP contribution in [0.3, 0.4) is 0 Å². The van der Waals surface area contributed by atoms with E-state index in [1.807, 2.05) is 0 Å². The van der Waals surface area contributed by atoms with E-state index in [1.54, 1.807) is 0 Å². The number of para-hydroxylation sites is 2. The van der Waals surface area contributed by atoms with Gasteiger partial charge in [-0.05, 0) is 214 Å². The molecule has 0 amide bonds. The van der Waals surface area contributed by atoms with E-state index < -0.39 is 0 Å². The van der Waals surface area contributed by atoms with E-state index >= 15 is 0 Å². The van der Waals surface area contributed by atoms with E-state index in [4.69, 9.17) is 0 Å². The van der Waals surface area contributed by atoms with Gasteiger partial charge < -0.3 is 18.8 Å². The van der Waals surface area contributed by atoms with E-state index in [0.29, 0.717) is 0 Å². The minimum Gasteiger partial charge on any atom is -0.374 e. The van der Waals surface area contributed by atoms with E-state index in [1.165, 1.54) is 189 Å². The largest absolute Gasteiger partial charge is 0.374 e. The third-order valence-corrected chi connectivity index (χ3v) is 25.4. The van der Waals surface area contributed by atoms with Crippen molar-refractivity contribution in [1.82, 2.24) is 8.96 Å². The van der Waals surface area contributed by atoms with Crippen LogP contribution in [-0.4, -0.2) is 22.7 Å². The van der Waals surface area contributed by atoms with Gasteiger partial charge in [0.15, 0.2) is 0 Å². The molecule has 0 bridgehead atoms. The zero-order chi connectivity index (χ0) is 79.1. The average molecular weight is 1460 g/mol. The van der Waals surface area contributed by atoms with Gasteiger partial charge in [-0.1, -0.05) is 348 Å². The molecule has 0 atom stereocenters. The van der Waals surface area contributed by atoms with Crippen molar-refractivity contribution < 1.29 is 0 Å². The highest BCUT2D eigenvalue weighted by molar-refractivity contribution is 6.92. The first-order valence-corrected chi connectivity index (χ1v) is 41.2. The molecule has 0 aliphatic carbocycles. The summed E-state index contributed by atoms with van der Waals surface area (Å²) in [6.07, 6.45) is 0. The molecule has 0 N–H and O–H groups in total. The highest BCUT2D eigenvalue weighted by Gasteiger charge is 2.48. The summed E-state index contributed by atoms with van der Waals surface area (Å²) in [5, 5.41) is 2.54. The highest BCUT2D eigenvalue weighted by Crippen LogP contribution is 2.53. The number of nitrogens with zero attached hydrogens (tertiary/aromatic N) is 4. The van der Waals surface area contributed by atoms with Gasteiger partial charge in [0, 0.05) is 67.1 Å². The Balaban J connectivity index is 0.890. The van der Waals surface area contributed by atoms with Gasteiger partial charge in [0.2, 0.25) is 0 Å². The predicted octanol–water partition coefficient (Wildman–Crippen LogP) is 26.6. The summed E-state index contributed by atoms with van der Waals surface area (Å²) >= 11 is 0. The van der Waals surface area contributed by atoms with Gasteiger partial charge in [-0.25, -0.2) is 0 Å². The van der Waals surface area contributed by atoms with Crippen LogP contribution in [0.5, 0.6) is 0 Å². The Labute approximate surface area is 668 Å². The third-order valence-electron chi connectivity index (χ3n) is 25.4. The summed E-state index contributed by atoms with van der Waals surface area (Å²) in [5.41, 5.74) is 43.0. The maximum Gasteiger partial charge on any atom is 0.333 e. The van der Waals surface area contributed by atoms with Crippen molar-refractivity contribution in [2.24, 2.45) is 0 Å². The molecule has 0 spiro atoms. The van der Waals surface area contributed by atoms with Crippen molar-refractivity contribution in [3.05, 3.63) is 275 Å². The molecule has 6 heterocycles. The maximum atomic E-state index is 2.84. The van der Waals surface area contributed by atoms with Crippen LogP contribution in [0.4, 0.5) is 34.1 Å². The SMILES string of the molecule is CC(C)(C)c1cc(-c2ccc(N3c4ccc(-c5cc(C(C)(C)C)cc(C(C)(C)C)c5)cc4B4c5c(cccc53)-c3cccc5c3n4c3c4cccc6c4n(c53)B3c4cc(-c5cc(C(C)(C)C)cc(C(C)(C)C)c5)ccc4N(c4ccc(-c5cc(C(C)(C)C)cc(C(C)(C)C)c5)cc4)c4cccc-6c43)cc2)cc(C(C)(C)C)c1. The van der Waals surface area contributed by atoms with Gasteiger partial charge in [0.25, 0.3) is 0 Å². The fraction of sp³-hybridized carbons (Fsp3) is 0.302. The van der Waals surface area contributed by atoms with Gasteiger partial charge in [0.1, 0.15) is 0 Å². The van der Waals surface area contributed by atoms with Gasteiger partial charge >= 0.3 is 13.7 Å². The second kappa shape index (κ2) is 24.6. The first kappa shape index (κ1) is 73.2. The van der Waals surface area contributed by atoms with Crippen molar-refractivity contribution in [2.75, 3.05) is 9.80 Å². The molecule has 2 aromatic heterocycles. The van der Waals surface area contributed by atoms with Crippen LogP contribution in [0.25, 0.3) is 99.6 Å². The standard InChI is InChI=1S/C106H110B2N4/c1-99(2,3)71-49-67(50-72(59-71)100(4,5)6)63-37-43-79(44-38-63)109-89-47-41-65(69-53-75(103(13,14)15)61-76(54-69)104(16,17)18)57-87(89)107-93-81(29-27-35-91(93)109)83-31-25-33-85-95(83)111(107)97-86-34-26-32-84-82-30-28-36-92-94(82)108(112(96(84)86)98(85)97)88-58-66(70-55-77(105(19,20)21)62-78(56-70)106(22,23)24)42-48-90(88)110(92)80-45-39-64(40-46-80)68-51-73(101(7,8)9)60-74(52-68)102(10,11)12/h25-62H,1-24H3. The molecule has 0 fully saturated rings. The molecule has 4 aliphatic heterocycles. The van der Waals surface area contributed by atoms with E-state index in [2.05, 4.69) is 415 Å². The topological polar surface area (TPSA) is 16.3 Å². The highest BCUT2D eigenvalue weighted by atomic mass is 15.2. The molecule has 560 valence electrons.